The lowest BCUT2D eigenvalue weighted by atomic mass is 10.1. The fourth-order valence-electron chi connectivity index (χ4n) is 4.61. The summed E-state index contributed by atoms with van der Waals surface area (Å²) in [5.74, 6) is 13.7. The SMILES string of the molecule is Cc1nc(N2CC3CC3C2)ccc1Cn1cc(C(=O)NCc2cc(Cl)ccc2N(N)/C=N\N)cn1. The molecule has 1 aliphatic heterocycles. The van der Waals surface area contributed by atoms with E-state index in [0.29, 0.717) is 22.8 Å². The molecule has 2 unspecified atom stereocenters. The van der Waals surface area contributed by atoms with E-state index < -0.39 is 0 Å². The molecule has 1 aliphatic carbocycles. The number of aromatic nitrogens is 3. The van der Waals surface area contributed by atoms with E-state index >= 15 is 0 Å². The number of carbonyl (C=O) groups excluding carboxylic acids is 1. The van der Waals surface area contributed by atoms with Gasteiger partial charge in [0.25, 0.3) is 5.91 Å². The minimum absolute atomic E-state index is 0.217. The van der Waals surface area contributed by atoms with Crippen LogP contribution in [0.1, 0.15) is 33.6 Å². The highest BCUT2D eigenvalue weighted by Gasteiger charge is 2.45. The number of benzene rings is 1. The van der Waals surface area contributed by atoms with Crippen molar-refractivity contribution in [2.75, 3.05) is 23.0 Å². The van der Waals surface area contributed by atoms with Crippen LogP contribution in [0.4, 0.5) is 11.5 Å². The number of nitrogens with one attached hydrogen (secondary N) is 1. The number of piperidine rings is 1. The van der Waals surface area contributed by atoms with Crippen LogP contribution in [0.2, 0.25) is 5.02 Å². The van der Waals surface area contributed by atoms with Crippen LogP contribution in [0.5, 0.6) is 0 Å². The molecule has 2 aromatic heterocycles. The molecule has 11 heteroatoms. The summed E-state index contributed by atoms with van der Waals surface area (Å²) in [7, 11) is 0. The first-order valence-electron chi connectivity index (χ1n) is 11.5. The number of hydrazone groups is 1. The Morgan fingerprint density at radius 3 is 2.83 bits per heavy atom. The summed E-state index contributed by atoms with van der Waals surface area (Å²) in [6.45, 7) is 5.01. The number of hydrazine groups is 1. The predicted octanol–water partition coefficient (Wildman–Crippen LogP) is 2.26. The molecule has 35 heavy (non-hydrogen) atoms. The highest BCUT2D eigenvalue weighted by molar-refractivity contribution is 6.30. The Hall–Kier alpha value is -3.63. The van der Waals surface area contributed by atoms with Crippen molar-refractivity contribution in [3.05, 3.63) is 70.1 Å². The van der Waals surface area contributed by atoms with Crippen LogP contribution in [0.25, 0.3) is 0 Å². The van der Waals surface area contributed by atoms with Gasteiger partial charge in [-0.1, -0.05) is 17.7 Å². The number of fused-ring (bicyclic) bond motifs is 1. The average Bonchev–Trinajstić information content (AvgIpc) is 3.21. The zero-order chi connectivity index (χ0) is 24.5. The summed E-state index contributed by atoms with van der Waals surface area (Å²) in [6.07, 6.45) is 5.93. The molecule has 1 saturated carbocycles. The molecule has 2 aliphatic rings. The number of carbonyl (C=O) groups is 1. The number of hydrogen-bond acceptors (Lipinski definition) is 7. The van der Waals surface area contributed by atoms with E-state index in [1.54, 1.807) is 35.3 Å². The van der Waals surface area contributed by atoms with Crippen LogP contribution in [0.3, 0.4) is 0 Å². The topological polar surface area (TPSA) is 131 Å². The van der Waals surface area contributed by atoms with Crippen molar-refractivity contribution in [3.8, 4) is 0 Å². The lowest BCUT2D eigenvalue weighted by molar-refractivity contribution is 0.0951. The van der Waals surface area contributed by atoms with Crippen molar-refractivity contribution in [2.45, 2.75) is 26.4 Å². The number of amides is 1. The van der Waals surface area contributed by atoms with Crippen molar-refractivity contribution in [3.63, 3.8) is 0 Å². The minimum atomic E-state index is -0.254. The molecule has 1 amide bonds. The number of hydrogen-bond donors (Lipinski definition) is 3. The maximum atomic E-state index is 12.8. The van der Waals surface area contributed by atoms with Crippen molar-refractivity contribution in [2.24, 2.45) is 28.6 Å². The van der Waals surface area contributed by atoms with Crippen LogP contribution in [-0.4, -0.2) is 40.1 Å². The lowest BCUT2D eigenvalue weighted by Crippen LogP contribution is -2.32. The highest BCUT2D eigenvalue weighted by atomic mass is 35.5. The summed E-state index contributed by atoms with van der Waals surface area (Å²) >= 11 is 6.13. The third kappa shape index (κ3) is 5.08. The van der Waals surface area contributed by atoms with Crippen LogP contribution >= 0.6 is 11.6 Å². The van der Waals surface area contributed by atoms with Crippen LogP contribution < -0.4 is 26.9 Å². The number of anilines is 2. The normalized spacial score (nSPS) is 18.7. The maximum absolute atomic E-state index is 12.8. The zero-order valence-electron chi connectivity index (χ0n) is 19.4. The van der Waals surface area contributed by atoms with Crippen LogP contribution in [-0.2, 0) is 13.1 Å². The van der Waals surface area contributed by atoms with Gasteiger partial charge in [0.15, 0.2) is 0 Å². The molecule has 0 spiro atoms. The second-order valence-electron chi connectivity index (χ2n) is 9.13. The Labute approximate surface area is 208 Å². The van der Waals surface area contributed by atoms with E-state index in [1.165, 1.54) is 17.8 Å². The van der Waals surface area contributed by atoms with Crippen molar-refractivity contribution < 1.29 is 4.79 Å². The molecule has 3 heterocycles. The standard InChI is InChI=1S/C24H28ClN9O/c1-15-16(2-5-23(31-15)32-10-18-6-19(18)11-32)12-33-13-20(9-30-33)24(35)28-8-17-7-21(25)3-4-22(17)34(27)14-29-26/h2-5,7,9,13-14,18-19H,6,8,10-12,26-27H2,1H3,(H,28,35)/b29-14-. The Morgan fingerprint density at radius 2 is 2.09 bits per heavy atom. The van der Waals surface area contributed by atoms with Gasteiger partial charge in [-0.15, -0.1) is 0 Å². The fraction of sp³-hybridized carbons (Fsp3) is 0.333. The molecule has 182 valence electrons. The molecular weight excluding hydrogens is 466 g/mol. The zero-order valence-corrected chi connectivity index (χ0v) is 20.2. The number of halogens is 1. The third-order valence-corrected chi connectivity index (χ3v) is 6.90. The first kappa shape index (κ1) is 23.1. The third-order valence-electron chi connectivity index (χ3n) is 6.66. The Bertz CT molecular complexity index is 1260. The first-order chi connectivity index (χ1) is 16.9. The summed E-state index contributed by atoms with van der Waals surface area (Å²) in [4.78, 5) is 20.0. The van der Waals surface area contributed by atoms with Gasteiger partial charge in [0.05, 0.1) is 24.0 Å². The first-order valence-corrected chi connectivity index (χ1v) is 11.9. The van der Waals surface area contributed by atoms with Crippen molar-refractivity contribution in [1.82, 2.24) is 20.1 Å². The maximum Gasteiger partial charge on any atom is 0.254 e. The highest BCUT2D eigenvalue weighted by Crippen LogP contribution is 2.45. The van der Waals surface area contributed by atoms with Crippen LogP contribution in [0, 0.1) is 18.8 Å². The Balaban J connectivity index is 1.21. The predicted molar refractivity (Wildman–Crippen MR) is 136 cm³/mol. The molecule has 2 atom stereocenters. The van der Waals surface area contributed by atoms with E-state index in [-0.39, 0.29) is 12.5 Å². The molecule has 5 N–H and O–H groups in total. The molecule has 10 nitrogen and oxygen atoms in total. The molecule has 5 rings (SSSR count). The van der Waals surface area contributed by atoms with Gasteiger partial charge < -0.3 is 16.1 Å². The number of pyridine rings is 1. The van der Waals surface area contributed by atoms with E-state index in [1.807, 2.05) is 6.92 Å². The Kier molecular flexibility index (Phi) is 6.31. The largest absolute Gasteiger partial charge is 0.356 e. The molecule has 0 bridgehead atoms. The molecule has 0 radical (unpaired) electrons. The van der Waals surface area contributed by atoms with Crippen LogP contribution in [0.15, 0.2) is 47.8 Å². The van der Waals surface area contributed by atoms with E-state index in [0.717, 1.165) is 47.6 Å². The van der Waals surface area contributed by atoms with Gasteiger partial charge in [0.2, 0.25) is 0 Å². The number of nitrogens with zero attached hydrogens (tertiary/aromatic N) is 6. The van der Waals surface area contributed by atoms with Gasteiger partial charge in [-0.05, 0) is 60.6 Å². The molecule has 3 aromatic rings. The molecular formula is C24H28ClN9O. The summed E-state index contributed by atoms with van der Waals surface area (Å²) < 4.78 is 1.74. The average molecular weight is 494 g/mol. The van der Waals surface area contributed by atoms with Gasteiger partial charge in [-0.25, -0.2) is 10.8 Å². The van der Waals surface area contributed by atoms with Gasteiger partial charge >= 0.3 is 0 Å². The Morgan fingerprint density at radius 1 is 1.29 bits per heavy atom. The number of rotatable bonds is 8. The van der Waals surface area contributed by atoms with Crippen molar-refractivity contribution in [1.29, 1.82) is 0 Å². The minimum Gasteiger partial charge on any atom is -0.356 e. The summed E-state index contributed by atoms with van der Waals surface area (Å²) in [6, 6.07) is 9.36. The smallest absolute Gasteiger partial charge is 0.254 e. The lowest BCUT2D eigenvalue weighted by Gasteiger charge is -2.20. The van der Waals surface area contributed by atoms with Gasteiger partial charge in [0.1, 0.15) is 12.2 Å². The second kappa shape index (κ2) is 9.55. The summed E-state index contributed by atoms with van der Waals surface area (Å²) in [5, 5.41) is 12.5. The van der Waals surface area contributed by atoms with Gasteiger partial charge in [-0.3, -0.25) is 14.5 Å². The quantitative estimate of drug-likeness (QED) is 0.190. The number of nitrogens with two attached hydrogens (primary N) is 2. The molecule has 2 fully saturated rings. The second-order valence-corrected chi connectivity index (χ2v) is 9.57. The van der Waals surface area contributed by atoms with Gasteiger partial charge in [0, 0.05) is 36.5 Å². The monoisotopic (exact) mass is 493 g/mol. The van der Waals surface area contributed by atoms with Crippen molar-refractivity contribution >= 4 is 35.4 Å². The van der Waals surface area contributed by atoms with E-state index in [4.69, 9.17) is 28.3 Å². The van der Waals surface area contributed by atoms with E-state index in [9.17, 15) is 4.79 Å². The summed E-state index contributed by atoms with van der Waals surface area (Å²) in [5.41, 5.74) is 3.85. The molecule has 1 aromatic carbocycles. The van der Waals surface area contributed by atoms with Gasteiger partial charge in [-0.2, -0.15) is 10.2 Å². The fourth-order valence-corrected chi connectivity index (χ4v) is 4.80. The number of aryl methyl sites for hydroxylation is 1. The molecule has 1 saturated heterocycles. The van der Waals surface area contributed by atoms with E-state index in [2.05, 4.69) is 32.5 Å².